The third kappa shape index (κ3) is 3.26. The number of non-ortho nitro benzene ring substituents is 2. The molecule has 188 valence electrons. The van der Waals surface area contributed by atoms with Crippen LogP contribution >= 0.6 is 0 Å². The Balaban J connectivity index is 1.20. The number of ether oxygens (including phenoxy) is 2. The lowest BCUT2D eigenvalue weighted by Gasteiger charge is -2.58. The highest BCUT2D eigenvalue weighted by atomic mass is 16.6. The minimum absolute atomic E-state index is 0.0672. The highest BCUT2D eigenvalue weighted by Gasteiger charge is 2.76. The van der Waals surface area contributed by atoms with Gasteiger partial charge in [-0.3, -0.25) is 20.2 Å². The first kappa shape index (κ1) is 22.9. The van der Waals surface area contributed by atoms with Gasteiger partial charge in [-0.2, -0.15) is 0 Å². The number of nitro groups is 2. The van der Waals surface area contributed by atoms with Crippen molar-refractivity contribution in [2.75, 3.05) is 0 Å². The number of fused-ring (bicyclic) bond motifs is 4. The van der Waals surface area contributed by atoms with Crippen LogP contribution in [0.4, 0.5) is 11.4 Å². The summed E-state index contributed by atoms with van der Waals surface area (Å²) in [6.07, 6.45) is 9.75. The molecule has 1 heterocycles. The largest absolute Gasteiger partial charge is 0.459 e. The molecule has 9 heteroatoms. The molecule has 9 nitrogen and oxygen atoms in total. The minimum atomic E-state index is -0.757. The van der Waals surface area contributed by atoms with Crippen LogP contribution < -0.4 is 0 Å². The standard InChI is InChI=1S/C26H32N2O7/c1-24-7-3-4-20(24)19-13-22-26(35-22)14-18(5-9-25(26,2)21(19)6-8-24)34-23(29)15-10-16(27(30)31)12-17(11-15)28(32)33/h10-12,18-22H,3-9,13-14H2,1-2H3. The van der Waals surface area contributed by atoms with Crippen molar-refractivity contribution >= 4 is 17.3 Å². The Labute approximate surface area is 203 Å². The Morgan fingerprint density at radius 3 is 2.40 bits per heavy atom. The summed E-state index contributed by atoms with van der Waals surface area (Å²) in [5, 5.41) is 22.4. The van der Waals surface area contributed by atoms with Gasteiger partial charge in [0.1, 0.15) is 11.7 Å². The molecule has 8 atom stereocenters. The van der Waals surface area contributed by atoms with E-state index in [0.29, 0.717) is 30.1 Å². The number of carbonyl (C=O) groups excluding carboxylic acids is 1. The van der Waals surface area contributed by atoms with Crippen molar-refractivity contribution in [2.24, 2.45) is 28.6 Å². The van der Waals surface area contributed by atoms with Crippen LogP contribution in [-0.2, 0) is 9.47 Å². The van der Waals surface area contributed by atoms with Crippen molar-refractivity contribution in [1.82, 2.24) is 0 Å². The van der Waals surface area contributed by atoms with Gasteiger partial charge in [-0.1, -0.05) is 20.3 Å². The molecule has 1 aromatic rings. The molecule has 1 aliphatic heterocycles. The van der Waals surface area contributed by atoms with Crippen LogP contribution in [0.25, 0.3) is 0 Å². The summed E-state index contributed by atoms with van der Waals surface area (Å²) in [4.78, 5) is 33.8. The number of nitro benzene ring substituents is 2. The molecule has 0 radical (unpaired) electrons. The van der Waals surface area contributed by atoms with Gasteiger partial charge in [0.15, 0.2) is 0 Å². The Morgan fingerprint density at radius 1 is 1.00 bits per heavy atom. The van der Waals surface area contributed by atoms with E-state index in [4.69, 9.17) is 9.47 Å². The third-order valence-corrected chi connectivity index (χ3v) is 10.7. The molecular weight excluding hydrogens is 452 g/mol. The second kappa shape index (κ2) is 7.48. The Hall–Kier alpha value is -2.55. The minimum Gasteiger partial charge on any atom is -0.459 e. The van der Waals surface area contributed by atoms with Crippen molar-refractivity contribution in [3.05, 3.63) is 44.0 Å². The van der Waals surface area contributed by atoms with E-state index in [9.17, 15) is 25.0 Å². The molecule has 5 aliphatic rings. The highest BCUT2D eigenvalue weighted by molar-refractivity contribution is 5.91. The van der Waals surface area contributed by atoms with Crippen LogP contribution in [0, 0.1) is 48.8 Å². The first-order chi connectivity index (χ1) is 16.6. The fourth-order valence-electron chi connectivity index (χ4n) is 8.88. The van der Waals surface area contributed by atoms with E-state index in [-0.39, 0.29) is 28.8 Å². The van der Waals surface area contributed by atoms with Gasteiger partial charge in [-0.15, -0.1) is 0 Å². The fraction of sp³-hybridized carbons (Fsp3) is 0.731. The van der Waals surface area contributed by atoms with Crippen molar-refractivity contribution in [2.45, 2.75) is 89.4 Å². The quantitative estimate of drug-likeness (QED) is 0.236. The lowest BCUT2D eigenvalue weighted by Crippen LogP contribution is -2.58. The van der Waals surface area contributed by atoms with Crippen molar-refractivity contribution in [3.63, 3.8) is 0 Å². The summed E-state index contributed by atoms with van der Waals surface area (Å²) in [6, 6.07) is 2.94. The summed E-state index contributed by atoms with van der Waals surface area (Å²) in [5.74, 6) is 1.38. The second-order valence-electron chi connectivity index (χ2n) is 12.1. The number of hydrogen-bond donors (Lipinski definition) is 0. The van der Waals surface area contributed by atoms with Gasteiger partial charge in [0.05, 0.1) is 27.6 Å². The molecule has 0 bridgehead atoms. The number of rotatable bonds is 4. The molecule has 1 aromatic carbocycles. The Bertz CT molecular complexity index is 1090. The summed E-state index contributed by atoms with van der Waals surface area (Å²) in [5.41, 5.74) is -0.875. The van der Waals surface area contributed by atoms with Crippen LogP contribution in [0.2, 0.25) is 0 Å². The summed E-state index contributed by atoms with van der Waals surface area (Å²) in [7, 11) is 0. The molecule has 0 aromatic heterocycles. The average Bonchev–Trinajstić information content (AvgIpc) is 3.36. The van der Waals surface area contributed by atoms with Crippen LogP contribution in [0.15, 0.2) is 18.2 Å². The summed E-state index contributed by atoms with van der Waals surface area (Å²) in [6.45, 7) is 4.89. The van der Waals surface area contributed by atoms with Crippen molar-refractivity contribution in [1.29, 1.82) is 0 Å². The summed E-state index contributed by atoms with van der Waals surface area (Å²) >= 11 is 0. The third-order valence-electron chi connectivity index (χ3n) is 10.7. The van der Waals surface area contributed by atoms with Gasteiger partial charge >= 0.3 is 5.97 Å². The fourth-order valence-corrected chi connectivity index (χ4v) is 8.88. The Kier molecular flexibility index (Phi) is 4.89. The van der Waals surface area contributed by atoms with E-state index in [0.717, 1.165) is 37.0 Å². The lowest BCUT2D eigenvalue weighted by molar-refractivity contribution is -0.394. The van der Waals surface area contributed by atoms with E-state index in [1.165, 1.54) is 32.1 Å². The van der Waals surface area contributed by atoms with E-state index in [2.05, 4.69) is 13.8 Å². The average molecular weight is 485 g/mol. The van der Waals surface area contributed by atoms with Crippen molar-refractivity contribution in [3.8, 4) is 0 Å². The zero-order chi connectivity index (χ0) is 24.8. The van der Waals surface area contributed by atoms with E-state index in [1.54, 1.807) is 0 Å². The SMILES string of the molecule is CC12CCCC1C1CC3OC34CC(OC(=O)c3cc([N+](=O)[O-])cc([N+](=O)[O-])c3)CCC4(C)C1CC2. The zero-order valence-corrected chi connectivity index (χ0v) is 20.2. The van der Waals surface area contributed by atoms with Crippen LogP contribution in [0.5, 0.6) is 0 Å². The predicted molar refractivity (Wildman–Crippen MR) is 125 cm³/mol. The molecule has 4 aliphatic carbocycles. The van der Waals surface area contributed by atoms with Crippen molar-refractivity contribution < 1.29 is 24.1 Å². The van der Waals surface area contributed by atoms with Crippen LogP contribution in [0.1, 0.15) is 82.0 Å². The van der Waals surface area contributed by atoms with Crippen LogP contribution in [0.3, 0.4) is 0 Å². The molecule has 1 spiro atoms. The molecule has 8 unspecified atom stereocenters. The zero-order valence-electron chi connectivity index (χ0n) is 20.2. The van der Waals surface area contributed by atoms with Gasteiger partial charge in [0.2, 0.25) is 0 Å². The molecular formula is C26H32N2O7. The van der Waals surface area contributed by atoms with E-state index >= 15 is 0 Å². The maximum absolute atomic E-state index is 12.9. The maximum Gasteiger partial charge on any atom is 0.338 e. The Morgan fingerprint density at radius 2 is 1.71 bits per heavy atom. The van der Waals surface area contributed by atoms with Gasteiger partial charge in [-0.05, 0) is 68.1 Å². The molecule has 4 saturated carbocycles. The molecule has 0 amide bonds. The van der Waals surface area contributed by atoms with E-state index in [1.807, 2.05) is 0 Å². The lowest BCUT2D eigenvalue weighted by atomic mass is 9.45. The molecule has 0 N–H and O–H groups in total. The number of hydrogen-bond acceptors (Lipinski definition) is 7. The smallest absolute Gasteiger partial charge is 0.338 e. The second-order valence-corrected chi connectivity index (χ2v) is 12.1. The van der Waals surface area contributed by atoms with Gasteiger partial charge in [0, 0.05) is 24.0 Å². The van der Waals surface area contributed by atoms with Gasteiger partial charge in [-0.25, -0.2) is 4.79 Å². The maximum atomic E-state index is 12.9. The number of esters is 1. The van der Waals surface area contributed by atoms with Crippen LogP contribution in [-0.4, -0.2) is 33.6 Å². The number of nitrogens with zero attached hydrogens (tertiary/aromatic N) is 2. The normalized spacial score (nSPS) is 43.2. The predicted octanol–water partition coefficient (Wildman–Crippen LogP) is 5.59. The molecule has 1 saturated heterocycles. The molecule has 35 heavy (non-hydrogen) atoms. The first-order valence-electron chi connectivity index (χ1n) is 12.9. The first-order valence-corrected chi connectivity index (χ1v) is 12.9. The molecule has 6 rings (SSSR count). The topological polar surface area (TPSA) is 125 Å². The van der Waals surface area contributed by atoms with Gasteiger partial charge in [0.25, 0.3) is 11.4 Å². The van der Waals surface area contributed by atoms with Gasteiger partial charge < -0.3 is 9.47 Å². The number of carbonyl (C=O) groups is 1. The highest BCUT2D eigenvalue weighted by Crippen LogP contribution is 2.73. The monoisotopic (exact) mass is 484 g/mol. The van der Waals surface area contributed by atoms with E-state index < -0.39 is 27.2 Å². The molecule has 5 fully saturated rings. The number of epoxide rings is 1. The summed E-state index contributed by atoms with van der Waals surface area (Å²) < 4.78 is 12.3. The number of benzene rings is 1.